The van der Waals surface area contributed by atoms with Gasteiger partial charge in [0.2, 0.25) is 0 Å². The number of benzene rings is 1. The Bertz CT molecular complexity index is 617. The van der Waals surface area contributed by atoms with Crippen LogP contribution < -0.4 is 16.0 Å². The van der Waals surface area contributed by atoms with E-state index in [1.807, 2.05) is 6.92 Å². The van der Waals surface area contributed by atoms with Gasteiger partial charge in [-0.25, -0.2) is 0 Å². The number of aliphatic imine (C=N–C) groups is 1. The van der Waals surface area contributed by atoms with Crippen LogP contribution in [0.25, 0.3) is 0 Å². The lowest BCUT2D eigenvalue weighted by molar-refractivity contribution is 0.0954. The number of nitrogens with zero attached hydrogens (tertiary/aromatic N) is 2. The fraction of sp³-hybridized carbons (Fsp3) is 0.619. The first-order valence-corrected chi connectivity index (χ1v) is 10.5. The van der Waals surface area contributed by atoms with Gasteiger partial charge in [-0.3, -0.25) is 14.7 Å². The van der Waals surface area contributed by atoms with E-state index in [1.54, 1.807) is 24.3 Å². The summed E-state index contributed by atoms with van der Waals surface area (Å²) >= 11 is 6.05. The number of carbonyl (C=O) groups is 1. The summed E-state index contributed by atoms with van der Waals surface area (Å²) in [7, 11) is 0. The van der Waals surface area contributed by atoms with Crippen molar-refractivity contribution >= 4 is 47.4 Å². The quantitative estimate of drug-likeness (QED) is 0.174. The number of carbonyl (C=O) groups excluding carboxylic acids is 1. The Kier molecular flexibility index (Phi) is 15.2. The van der Waals surface area contributed by atoms with Gasteiger partial charge in [0, 0.05) is 44.8 Å². The molecule has 3 N–H and O–H groups in total. The van der Waals surface area contributed by atoms with Crippen molar-refractivity contribution in [3.8, 4) is 0 Å². The fourth-order valence-electron chi connectivity index (χ4n) is 3.00. The SMILES string of the molecule is CCNC(=NCCCN(C(C)C)C(C)C)NCCNC(=O)c1ccccc1Cl.I. The zero-order valence-electron chi connectivity index (χ0n) is 18.3. The summed E-state index contributed by atoms with van der Waals surface area (Å²) in [5.74, 6) is 0.604. The summed E-state index contributed by atoms with van der Waals surface area (Å²) in [6, 6.07) is 8.11. The van der Waals surface area contributed by atoms with Crippen molar-refractivity contribution < 1.29 is 4.79 Å². The normalized spacial score (nSPS) is 11.6. The molecule has 29 heavy (non-hydrogen) atoms. The molecule has 8 heteroatoms. The molecule has 0 fully saturated rings. The van der Waals surface area contributed by atoms with Gasteiger partial charge in [0.15, 0.2) is 5.96 Å². The third-order valence-electron chi connectivity index (χ3n) is 4.34. The van der Waals surface area contributed by atoms with Crippen LogP contribution in [0.3, 0.4) is 0 Å². The fourth-order valence-corrected chi connectivity index (χ4v) is 3.22. The predicted molar refractivity (Wildman–Crippen MR) is 135 cm³/mol. The summed E-state index contributed by atoms with van der Waals surface area (Å²) in [6.45, 7) is 14.6. The molecule has 0 radical (unpaired) electrons. The lowest BCUT2D eigenvalue weighted by Crippen LogP contribution is -2.42. The summed E-state index contributed by atoms with van der Waals surface area (Å²) in [5.41, 5.74) is 0.490. The molecule has 0 spiro atoms. The topological polar surface area (TPSA) is 68.8 Å². The van der Waals surface area contributed by atoms with E-state index in [2.05, 4.69) is 53.5 Å². The molecule has 0 saturated heterocycles. The lowest BCUT2D eigenvalue weighted by Gasteiger charge is -2.30. The van der Waals surface area contributed by atoms with Crippen molar-refractivity contribution in [3.63, 3.8) is 0 Å². The average Bonchev–Trinajstić information content (AvgIpc) is 2.64. The molecule has 1 amide bonds. The van der Waals surface area contributed by atoms with Crippen molar-refractivity contribution in [3.05, 3.63) is 34.9 Å². The molecule has 6 nitrogen and oxygen atoms in total. The molecule has 0 saturated carbocycles. The highest BCUT2D eigenvalue weighted by Crippen LogP contribution is 2.14. The summed E-state index contributed by atoms with van der Waals surface area (Å²) < 4.78 is 0. The maximum absolute atomic E-state index is 12.1. The third-order valence-corrected chi connectivity index (χ3v) is 4.67. The van der Waals surface area contributed by atoms with Crippen LogP contribution in [0, 0.1) is 0 Å². The molecule has 0 aliphatic carbocycles. The number of amides is 1. The van der Waals surface area contributed by atoms with Crippen molar-refractivity contribution in [2.24, 2.45) is 4.99 Å². The van der Waals surface area contributed by atoms with Gasteiger partial charge in [-0.05, 0) is 53.2 Å². The van der Waals surface area contributed by atoms with Gasteiger partial charge in [0.25, 0.3) is 5.91 Å². The molecule has 0 bridgehead atoms. The highest BCUT2D eigenvalue weighted by atomic mass is 127. The van der Waals surface area contributed by atoms with Gasteiger partial charge in [-0.1, -0.05) is 23.7 Å². The van der Waals surface area contributed by atoms with Crippen LogP contribution in [0.4, 0.5) is 0 Å². The zero-order valence-corrected chi connectivity index (χ0v) is 21.4. The van der Waals surface area contributed by atoms with Gasteiger partial charge < -0.3 is 16.0 Å². The van der Waals surface area contributed by atoms with Crippen LogP contribution in [0.15, 0.2) is 29.3 Å². The van der Waals surface area contributed by atoms with Gasteiger partial charge in [-0.15, -0.1) is 24.0 Å². The van der Waals surface area contributed by atoms with E-state index in [0.29, 0.717) is 35.8 Å². The van der Waals surface area contributed by atoms with E-state index in [-0.39, 0.29) is 29.9 Å². The van der Waals surface area contributed by atoms with E-state index in [4.69, 9.17) is 11.6 Å². The average molecular weight is 538 g/mol. The largest absolute Gasteiger partial charge is 0.357 e. The first kappa shape index (κ1) is 27.9. The molecule has 1 aromatic rings. The summed E-state index contributed by atoms with van der Waals surface area (Å²) in [6.07, 6.45) is 1.01. The highest BCUT2D eigenvalue weighted by Gasteiger charge is 2.12. The van der Waals surface area contributed by atoms with E-state index in [9.17, 15) is 4.79 Å². The van der Waals surface area contributed by atoms with Crippen LogP contribution in [0.5, 0.6) is 0 Å². The van der Waals surface area contributed by atoms with E-state index < -0.39 is 0 Å². The minimum absolute atomic E-state index is 0. The molecule has 0 aliphatic rings. The van der Waals surface area contributed by atoms with E-state index in [1.165, 1.54) is 0 Å². The number of hydrogen-bond donors (Lipinski definition) is 3. The first-order chi connectivity index (χ1) is 13.4. The lowest BCUT2D eigenvalue weighted by atomic mass is 10.2. The zero-order chi connectivity index (χ0) is 20.9. The highest BCUT2D eigenvalue weighted by molar-refractivity contribution is 14.0. The maximum Gasteiger partial charge on any atom is 0.252 e. The molecular weight excluding hydrogens is 501 g/mol. The van der Waals surface area contributed by atoms with Crippen molar-refractivity contribution in [2.75, 3.05) is 32.7 Å². The minimum atomic E-state index is -0.170. The van der Waals surface area contributed by atoms with Gasteiger partial charge in [0.05, 0.1) is 10.6 Å². The number of guanidine groups is 1. The van der Waals surface area contributed by atoms with Gasteiger partial charge >= 0.3 is 0 Å². The molecule has 0 unspecified atom stereocenters. The molecule has 0 aromatic heterocycles. The molecule has 1 aromatic carbocycles. The second kappa shape index (κ2) is 15.7. The number of hydrogen-bond acceptors (Lipinski definition) is 3. The Hall–Kier alpha value is -1.06. The van der Waals surface area contributed by atoms with E-state index >= 15 is 0 Å². The minimum Gasteiger partial charge on any atom is -0.357 e. The molecular formula is C21H37ClIN5O. The van der Waals surface area contributed by atoms with Crippen molar-refractivity contribution in [2.45, 2.75) is 53.1 Å². The van der Waals surface area contributed by atoms with Crippen molar-refractivity contribution in [1.29, 1.82) is 0 Å². The number of halogens is 2. The maximum atomic E-state index is 12.1. The first-order valence-electron chi connectivity index (χ1n) is 10.2. The standard InChI is InChI=1S/C21H36ClN5O.HI/c1-6-23-21(25-12-9-15-27(16(2)3)17(4)5)26-14-13-24-20(28)18-10-7-8-11-19(18)22;/h7-8,10-11,16-17H,6,9,12-15H2,1-5H3,(H,24,28)(H2,23,25,26);1H. The Labute approximate surface area is 198 Å². The second-order valence-electron chi connectivity index (χ2n) is 7.20. The molecule has 166 valence electrons. The van der Waals surface area contributed by atoms with Crippen LogP contribution in [0.2, 0.25) is 5.02 Å². The second-order valence-corrected chi connectivity index (χ2v) is 7.61. The van der Waals surface area contributed by atoms with Gasteiger partial charge in [0.1, 0.15) is 0 Å². The van der Waals surface area contributed by atoms with E-state index in [0.717, 1.165) is 32.0 Å². The summed E-state index contributed by atoms with van der Waals surface area (Å²) in [5, 5.41) is 9.82. The molecule has 1 rings (SSSR count). The van der Waals surface area contributed by atoms with Crippen molar-refractivity contribution in [1.82, 2.24) is 20.9 Å². The van der Waals surface area contributed by atoms with Crippen LogP contribution in [0.1, 0.15) is 51.4 Å². The smallest absolute Gasteiger partial charge is 0.252 e. The Balaban J connectivity index is 0.00000784. The number of rotatable bonds is 11. The third kappa shape index (κ3) is 11.1. The number of nitrogens with one attached hydrogen (secondary N) is 3. The molecule has 0 heterocycles. The van der Waals surface area contributed by atoms with Crippen LogP contribution in [-0.2, 0) is 0 Å². The Morgan fingerprint density at radius 1 is 1.07 bits per heavy atom. The summed E-state index contributed by atoms with van der Waals surface area (Å²) in [4.78, 5) is 19.2. The Morgan fingerprint density at radius 2 is 1.69 bits per heavy atom. The van der Waals surface area contributed by atoms with Crippen LogP contribution >= 0.6 is 35.6 Å². The van der Waals surface area contributed by atoms with Gasteiger partial charge in [-0.2, -0.15) is 0 Å². The predicted octanol–water partition coefficient (Wildman–Crippen LogP) is 3.75. The molecule has 0 atom stereocenters. The molecule has 0 aliphatic heterocycles. The Morgan fingerprint density at radius 3 is 2.28 bits per heavy atom. The monoisotopic (exact) mass is 537 g/mol. The van der Waals surface area contributed by atoms with Crippen LogP contribution in [-0.4, -0.2) is 61.6 Å².